The average molecular weight is 292 g/mol. The first-order valence-corrected chi connectivity index (χ1v) is 6.32. The Morgan fingerprint density at radius 3 is 2.55 bits per heavy atom. The van der Waals surface area contributed by atoms with Crippen molar-refractivity contribution in [3.05, 3.63) is 0 Å². The van der Waals surface area contributed by atoms with Gasteiger partial charge in [-0.2, -0.15) is 18.4 Å². The van der Waals surface area contributed by atoms with E-state index in [0.29, 0.717) is 6.54 Å². The Morgan fingerprint density at radius 1 is 1.40 bits per heavy atom. The summed E-state index contributed by atoms with van der Waals surface area (Å²) >= 11 is 0. The van der Waals surface area contributed by atoms with Gasteiger partial charge in [0, 0.05) is 25.2 Å². The van der Waals surface area contributed by atoms with Gasteiger partial charge in [0.2, 0.25) is 5.91 Å². The number of nitrogens with one attached hydrogen (secondary N) is 1. The van der Waals surface area contributed by atoms with Crippen molar-refractivity contribution in [1.29, 1.82) is 5.26 Å². The molecule has 0 aromatic heterocycles. The highest BCUT2D eigenvalue weighted by atomic mass is 19.4. The number of nitrogens with zero attached hydrogens (tertiary/aromatic N) is 3. The predicted molar refractivity (Wildman–Crippen MR) is 66.8 cm³/mol. The van der Waals surface area contributed by atoms with E-state index >= 15 is 0 Å². The number of piperazine rings is 1. The number of carbonyl (C=O) groups excluding carboxylic acids is 1. The van der Waals surface area contributed by atoms with Gasteiger partial charge in [-0.3, -0.25) is 14.6 Å². The summed E-state index contributed by atoms with van der Waals surface area (Å²) in [7, 11) is 0. The van der Waals surface area contributed by atoms with E-state index in [4.69, 9.17) is 5.26 Å². The second kappa shape index (κ2) is 6.41. The molecule has 0 bridgehead atoms. The van der Waals surface area contributed by atoms with Crippen LogP contribution in [0.1, 0.15) is 13.8 Å². The lowest BCUT2D eigenvalue weighted by atomic mass is 9.98. The number of nitriles is 1. The first-order valence-electron chi connectivity index (χ1n) is 6.32. The third-order valence-electron chi connectivity index (χ3n) is 3.25. The number of rotatable bonds is 4. The summed E-state index contributed by atoms with van der Waals surface area (Å²) < 4.78 is 37.2. The molecule has 114 valence electrons. The zero-order valence-corrected chi connectivity index (χ0v) is 11.6. The van der Waals surface area contributed by atoms with Crippen LogP contribution < -0.4 is 5.32 Å². The molecule has 0 saturated carbocycles. The summed E-state index contributed by atoms with van der Waals surface area (Å²) in [4.78, 5) is 14.8. The van der Waals surface area contributed by atoms with Crippen molar-refractivity contribution in [1.82, 2.24) is 15.1 Å². The minimum atomic E-state index is -4.21. The molecule has 1 amide bonds. The zero-order valence-electron chi connectivity index (χ0n) is 11.6. The largest absolute Gasteiger partial charge is 0.401 e. The number of hydrogen-bond donors (Lipinski definition) is 1. The number of halogens is 3. The van der Waals surface area contributed by atoms with Crippen molar-refractivity contribution in [2.45, 2.75) is 25.6 Å². The second-order valence-corrected chi connectivity index (χ2v) is 5.49. The highest BCUT2D eigenvalue weighted by Crippen LogP contribution is 2.24. The van der Waals surface area contributed by atoms with Crippen LogP contribution in [0, 0.1) is 11.3 Å². The average Bonchev–Trinajstić information content (AvgIpc) is 2.27. The fraction of sp³-hybridized carbons (Fsp3) is 0.833. The van der Waals surface area contributed by atoms with E-state index < -0.39 is 18.3 Å². The monoisotopic (exact) mass is 292 g/mol. The van der Waals surface area contributed by atoms with E-state index in [1.165, 1.54) is 4.90 Å². The molecule has 1 saturated heterocycles. The Kier molecular flexibility index (Phi) is 5.36. The SMILES string of the molecule is CC1(C)CN(CC(F)(F)F)CCN1CC(=O)NCC#N. The first kappa shape index (κ1) is 16.7. The van der Waals surface area contributed by atoms with Gasteiger partial charge < -0.3 is 5.32 Å². The van der Waals surface area contributed by atoms with Crippen LogP contribution in [0.5, 0.6) is 0 Å². The van der Waals surface area contributed by atoms with Crippen molar-refractivity contribution in [3.63, 3.8) is 0 Å². The van der Waals surface area contributed by atoms with E-state index in [0.717, 1.165) is 0 Å². The maximum absolute atomic E-state index is 12.4. The molecule has 1 aliphatic rings. The van der Waals surface area contributed by atoms with E-state index in [1.54, 1.807) is 6.07 Å². The number of hydrogen-bond acceptors (Lipinski definition) is 4. The van der Waals surface area contributed by atoms with Gasteiger partial charge in [-0.25, -0.2) is 0 Å². The van der Waals surface area contributed by atoms with E-state index in [2.05, 4.69) is 5.32 Å². The van der Waals surface area contributed by atoms with Crippen LogP contribution in [0.15, 0.2) is 0 Å². The molecule has 1 fully saturated rings. The minimum Gasteiger partial charge on any atom is -0.342 e. The normalized spacial score (nSPS) is 20.4. The molecule has 8 heteroatoms. The van der Waals surface area contributed by atoms with Gasteiger partial charge in [-0.15, -0.1) is 0 Å². The fourth-order valence-electron chi connectivity index (χ4n) is 2.34. The molecule has 1 heterocycles. The van der Waals surface area contributed by atoms with Crippen LogP contribution in [-0.2, 0) is 4.79 Å². The highest BCUT2D eigenvalue weighted by Gasteiger charge is 2.39. The molecule has 0 spiro atoms. The molecule has 0 aromatic rings. The van der Waals surface area contributed by atoms with Gasteiger partial charge in [0.25, 0.3) is 0 Å². The Hall–Kier alpha value is -1.33. The minimum absolute atomic E-state index is 0.0622. The summed E-state index contributed by atoms with van der Waals surface area (Å²) in [6.45, 7) is 3.64. The standard InChI is InChI=1S/C12H19F3N4O/c1-11(2)8-18(9-12(13,14)15)5-6-19(11)7-10(20)17-4-3-16/h4-9H2,1-2H3,(H,17,20). The van der Waals surface area contributed by atoms with Gasteiger partial charge in [-0.05, 0) is 13.8 Å². The van der Waals surface area contributed by atoms with Crippen LogP contribution in [0.2, 0.25) is 0 Å². The molecule has 0 atom stereocenters. The number of carbonyl (C=O) groups is 1. The lowest BCUT2D eigenvalue weighted by Crippen LogP contribution is -2.62. The summed E-state index contributed by atoms with van der Waals surface area (Å²) in [5, 5.41) is 10.8. The summed E-state index contributed by atoms with van der Waals surface area (Å²) in [6, 6.07) is 1.81. The highest BCUT2D eigenvalue weighted by molar-refractivity contribution is 5.78. The molecule has 5 nitrogen and oxygen atoms in total. The Bertz CT molecular complexity index is 389. The summed E-state index contributed by atoms with van der Waals surface area (Å²) in [5.41, 5.74) is -0.520. The number of alkyl halides is 3. The van der Waals surface area contributed by atoms with E-state index in [-0.39, 0.29) is 32.1 Å². The summed E-state index contributed by atoms with van der Waals surface area (Å²) in [5.74, 6) is -0.288. The van der Waals surface area contributed by atoms with Crippen LogP contribution in [0.25, 0.3) is 0 Å². The molecular weight excluding hydrogens is 273 g/mol. The van der Waals surface area contributed by atoms with Crippen molar-refractivity contribution < 1.29 is 18.0 Å². The maximum atomic E-state index is 12.4. The first-order chi connectivity index (χ1) is 9.14. The lowest BCUT2D eigenvalue weighted by Gasteiger charge is -2.46. The predicted octanol–water partition coefficient (Wildman–Crippen LogP) is 0.585. The van der Waals surface area contributed by atoms with Crippen LogP contribution in [-0.4, -0.2) is 66.7 Å². The molecule has 1 rings (SSSR count). The molecule has 20 heavy (non-hydrogen) atoms. The zero-order chi connectivity index (χ0) is 15.4. The van der Waals surface area contributed by atoms with Crippen LogP contribution in [0.3, 0.4) is 0 Å². The van der Waals surface area contributed by atoms with Crippen molar-refractivity contribution in [3.8, 4) is 6.07 Å². The van der Waals surface area contributed by atoms with Gasteiger partial charge in [0.05, 0.1) is 19.2 Å². The Labute approximate surface area is 116 Å². The quantitative estimate of drug-likeness (QED) is 0.770. The Morgan fingerprint density at radius 2 is 2.05 bits per heavy atom. The van der Waals surface area contributed by atoms with Gasteiger partial charge in [0.1, 0.15) is 6.54 Å². The van der Waals surface area contributed by atoms with Gasteiger partial charge >= 0.3 is 6.18 Å². The smallest absolute Gasteiger partial charge is 0.342 e. The van der Waals surface area contributed by atoms with E-state index in [1.807, 2.05) is 18.7 Å². The van der Waals surface area contributed by atoms with Gasteiger partial charge in [-0.1, -0.05) is 0 Å². The lowest BCUT2D eigenvalue weighted by molar-refractivity contribution is -0.156. The molecule has 0 unspecified atom stereocenters. The van der Waals surface area contributed by atoms with Crippen LogP contribution in [0.4, 0.5) is 13.2 Å². The topological polar surface area (TPSA) is 59.4 Å². The van der Waals surface area contributed by atoms with Gasteiger partial charge in [0.15, 0.2) is 0 Å². The third kappa shape index (κ3) is 5.35. The molecule has 0 radical (unpaired) electrons. The second-order valence-electron chi connectivity index (χ2n) is 5.49. The molecule has 0 aliphatic carbocycles. The van der Waals surface area contributed by atoms with Crippen molar-refractivity contribution in [2.24, 2.45) is 0 Å². The molecule has 1 N–H and O–H groups in total. The number of amides is 1. The third-order valence-corrected chi connectivity index (χ3v) is 3.25. The fourth-order valence-corrected chi connectivity index (χ4v) is 2.34. The van der Waals surface area contributed by atoms with Crippen molar-refractivity contribution in [2.75, 3.05) is 39.3 Å². The Balaban J connectivity index is 2.53. The van der Waals surface area contributed by atoms with E-state index in [9.17, 15) is 18.0 Å². The molecular formula is C12H19F3N4O. The maximum Gasteiger partial charge on any atom is 0.401 e. The summed E-state index contributed by atoms with van der Waals surface area (Å²) in [6.07, 6.45) is -4.21. The van der Waals surface area contributed by atoms with Crippen molar-refractivity contribution >= 4 is 5.91 Å². The molecule has 1 aliphatic heterocycles. The van der Waals surface area contributed by atoms with Crippen LogP contribution >= 0.6 is 0 Å². The molecule has 0 aromatic carbocycles.